The molecule has 1 aliphatic rings. The first kappa shape index (κ1) is 20.7. The Morgan fingerprint density at radius 2 is 2.00 bits per heavy atom. The minimum Gasteiger partial charge on any atom is -0.324 e. The maximum absolute atomic E-state index is 12.5. The highest BCUT2D eigenvalue weighted by Crippen LogP contribution is 2.31. The van der Waals surface area contributed by atoms with Gasteiger partial charge in [-0.1, -0.05) is 41.1 Å². The van der Waals surface area contributed by atoms with Crippen LogP contribution in [0.5, 0.6) is 0 Å². The highest BCUT2D eigenvalue weighted by atomic mass is 35.5. The van der Waals surface area contributed by atoms with Crippen molar-refractivity contribution in [2.45, 2.75) is 18.2 Å². The van der Waals surface area contributed by atoms with Crippen LogP contribution in [0.4, 0.5) is 16.2 Å². The zero-order chi connectivity index (χ0) is 20.5. The van der Waals surface area contributed by atoms with E-state index >= 15 is 0 Å². The number of nitrogens with zero attached hydrogens (tertiary/aromatic N) is 1. The van der Waals surface area contributed by atoms with E-state index in [0.717, 1.165) is 41.1 Å². The molecule has 0 spiro atoms. The molecule has 0 saturated heterocycles. The van der Waals surface area contributed by atoms with Crippen molar-refractivity contribution in [2.24, 2.45) is 5.14 Å². The summed E-state index contributed by atoms with van der Waals surface area (Å²) in [5.41, 5.74) is 3.39. The molecule has 0 fully saturated rings. The van der Waals surface area contributed by atoms with Gasteiger partial charge >= 0.3 is 0 Å². The molecule has 0 unspecified atom stereocenters. The predicted molar refractivity (Wildman–Crippen MR) is 112 cm³/mol. The average Bonchev–Trinajstić information content (AvgIpc) is 3.03. The van der Waals surface area contributed by atoms with E-state index in [9.17, 15) is 18.0 Å². The largest absolute Gasteiger partial charge is 0.324 e. The van der Waals surface area contributed by atoms with Crippen LogP contribution < -0.4 is 15.4 Å². The second-order valence-corrected chi connectivity index (χ2v) is 9.22. The number of nitrogens with two attached hydrogens (primary N) is 1. The summed E-state index contributed by atoms with van der Waals surface area (Å²) in [6.45, 7) is 2.59. The number of carbonyl (C=O) groups is 2. The standard InChI is InChI=1S/C18H18ClN3O4S2/c1-11-2-5-16-12(8-11)6-7-22(16)18(24)27-10-17(23)21-15-4-3-13(9-14(15)19)28(20,25)26/h2-5,8-9H,6-7,10H2,1H3,(H,21,23)(H2,20,25,26). The number of hydrogen-bond donors (Lipinski definition) is 2. The molecule has 3 N–H and O–H groups in total. The van der Waals surface area contributed by atoms with Gasteiger partial charge in [-0.15, -0.1) is 0 Å². The summed E-state index contributed by atoms with van der Waals surface area (Å²) in [6, 6.07) is 9.70. The number of fused-ring (bicyclic) bond motifs is 1. The quantitative estimate of drug-likeness (QED) is 0.760. The first-order valence-electron chi connectivity index (χ1n) is 8.31. The first-order chi connectivity index (χ1) is 13.1. The number of rotatable bonds is 4. The van der Waals surface area contributed by atoms with E-state index in [-0.39, 0.29) is 26.6 Å². The molecule has 2 aromatic rings. The highest BCUT2D eigenvalue weighted by molar-refractivity contribution is 8.14. The maximum atomic E-state index is 12.5. The van der Waals surface area contributed by atoms with Gasteiger partial charge in [0.1, 0.15) is 0 Å². The van der Waals surface area contributed by atoms with E-state index in [4.69, 9.17) is 16.7 Å². The van der Waals surface area contributed by atoms with E-state index in [0.29, 0.717) is 6.54 Å². The van der Waals surface area contributed by atoms with E-state index in [1.807, 2.05) is 19.1 Å². The third kappa shape index (κ3) is 4.67. The molecule has 1 heterocycles. The van der Waals surface area contributed by atoms with Crippen molar-refractivity contribution in [1.82, 2.24) is 0 Å². The van der Waals surface area contributed by atoms with E-state index < -0.39 is 15.9 Å². The van der Waals surface area contributed by atoms with Crippen LogP contribution in [0.25, 0.3) is 0 Å². The fourth-order valence-electron chi connectivity index (χ4n) is 2.89. The number of hydrogen-bond acceptors (Lipinski definition) is 5. The van der Waals surface area contributed by atoms with E-state index in [2.05, 4.69) is 11.4 Å². The fourth-order valence-corrected chi connectivity index (χ4v) is 4.39. The number of primary sulfonamides is 1. The molecule has 3 rings (SSSR count). The van der Waals surface area contributed by atoms with Crippen molar-refractivity contribution in [2.75, 3.05) is 22.5 Å². The van der Waals surface area contributed by atoms with Crippen molar-refractivity contribution < 1.29 is 18.0 Å². The number of amides is 2. The Kier molecular flexibility index (Phi) is 5.99. The van der Waals surface area contributed by atoms with Gasteiger partial charge in [0.05, 0.1) is 21.4 Å². The molecular weight excluding hydrogens is 422 g/mol. The summed E-state index contributed by atoms with van der Waals surface area (Å²) in [7, 11) is -3.88. The maximum Gasteiger partial charge on any atom is 0.286 e. The van der Waals surface area contributed by atoms with Crippen molar-refractivity contribution in [3.05, 3.63) is 52.5 Å². The smallest absolute Gasteiger partial charge is 0.286 e. The van der Waals surface area contributed by atoms with Crippen molar-refractivity contribution in [3.63, 3.8) is 0 Å². The summed E-state index contributed by atoms with van der Waals surface area (Å²) in [5.74, 6) is -0.518. The molecule has 10 heteroatoms. The van der Waals surface area contributed by atoms with Crippen LogP contribution >= 0.6 is 23.4 Å². The Balaban J connectivity index is 1.59. The molecule has 1 aliphatic heterocycles. The monoisotopic (exact) mass is 439 g/mol. The summed E-state index contributed by atoms with van der Waals surface area (Å²) in [5, 5.41) is 7.45. The molecule has 2 aromatic carbocycles. The number of aryl methyl sites for hydroxylation is 1. The molecule has 0 aliphatic carbocycles. The van der Waals surface area contributed by atoms with Crippen LogP contribution in [0, 0.1) is 6.92 Å². The average molecular weight is 440 g/mol. The number of sulfonamides is 1. The SMILES string of the molecule is Cc1ccc2c(c1)CCN2C(=O)SCC(=O)Nc1ccc(S(N)(=O)=O)cc1Cl. The number of halogens is 1. The lowest BCUT2D eigenvalue weighted by Gasteiger charge is -2.16. The molecule has 7 nitrogen and oxygen atoms in total. The van der Waals surface area contributed by atoms with E-state index in [1.165, 1.54) is 12.1 Å². The number of carbonyl (C=O) groups excluding carboxylic acids is 2. The molecule has 0 aromatic heterocycles. The number of nitrogens with one attached hydrogen (secondary N) is 1. The summed E-state index contributed by atoms with van der Waals surface area (Å²) < 4.78 is 22.6. The second-order valence-electron chi connectivity index (χ2n) is 6.32. The zero-order valence-corrected chi connectivity index (χ0v) is 17.3. The van der Waals surface area contributed by atoms with Gasteiger partial charge in [0.15, 0.2) is 0 Å². The van der Waals surface area contributed by atoms with Crippen LogP contribution in [0.1, 0.15) is 11.1 Å². The fraction of sp³-hybridized carbons (Fsp3) is 0.222. The van der Waals surface area contributed by atoms with Crippen LogP contribution in [-0.2, 0) is 21.2 Å². The highest BCUT2D eigenvalue weighted by Gasteiger charge is 2.25. The second kappa shape index (κ2) is 8.12. The van der Waals surface area contributed by atoms with Gasteiger partial charge in [0, 0.05) is 12.2 Å². The Bertz CT molecular complexity index is 1060. The predicted octanol–water partition coefficient (Wildman–Crippen LogP) is 3.15. The topological polar surface area (TPSA) is 110 Å². The Hall–Kier alpha value is -2.07. The Morgan fingerprint density at radius 1 is 1.25 bits per heavy atom. The lowest BCUT2D eigenvalue weighted by atomic mass is 10.1. The first-order valence-corrected chi connectivity index (χ1v) is 11.2. The molecule has 0 atom stereocenters. The van der Waals surface area contributed by atoms with Gasteiger partial charge in [-0.25, -0.2) is 13.6 Å². The van der Waals surface area contributed by atoms with Crippen LogP contribution in [0.3, 0.4) is 0 Å². The molecule has 0 saturated carbocycles. The minimum atomic E-state index is -3.88. The van der Waals surface area contributed by atoms with E-state index in [1.54, 1.807) is 4.90 Å². The van der Waals surface area contributed by atoms with Gasteiger partial charge in [0.25, 0.3) is 5.24 Å². The summed E-state index contributed by atoms with van der Waals surface area (Å²) in [6.07, 6.45) is 0.793. The molecule has 0 bridgehead atoms. The summed E-state index contributed by atoms with van der Waals surface area (Å²) >= 11 is 6.90. The van der Waals surface area contributed by atoms with Crippen LogP contribution in [0.15, 0.2) is 41.3 Å². The van der Waals surface area contributed by atoms with Gasteiger partial charge in [-0.2, -0.15) is 0 Å². The third-order valence-electron chi connectivity index (χ3n) is 4.22. The molecule has 28 heavy (non-hydrogen) atoms. The lowest BCUT2D eigenvalue weighted by molar-refractivity contribution is -0.113. The van der Waals surface area contributed by atoms with Gasteiger partial charge in [0.2, 0.25) is 15.9 Å². The Morgan fingerprint density at radius 3 is 2.68 bits per heavy atom. The van der Waals surface area contributed by atoms with Gasteiger partial charge in [-0.05, 0) is 43.2 Å². The minimum absolute atomic E-state index is 0.0417. The zero-order valence-electron chi connectivity index (χ0n) is 14.9. The van der Waals surface area contributed by atoms with Gasteiger partial charge < -0.3 is 10.2 Å². The lowest BCUT2D eigenvalue weighted by Crippen LogP contribution is -2.26. The number of anilines is 2. The van der Waals surface area contributed by atoms with Crippen molar-refractivity contribution in [1.29, 1.82) is 0 Å². The Labute approximate surface area is 172 Å². The van der Waals surface area contributed by atoms with Crippen molar-refractivity contribution in [3.8, 4) is 0 Å². The summed E-state index contributed by atoms with van der Waals surface area (Å²) in [4.78, 5) is 26.1. The van der Waals surface area contributed by atoms with Gasteiger partial charge in [-0.3, -0.25) is 9.59 Å². The number of benzene rings is 2. The normalized spacial score (nSPS) is 13.3. The third-order valence-corrected chi connectivity index (χ3v) is 6.32. The van der Waals surface area contributed by atoms with Crippen LogP contribution in [0.2, 0.25) is 5.02 Å². The van der Waals surface area contributed by atoms with Crippen LogP contribution in [-0.4, -0.2) is 31.9 Å². The molecular formula is C18H18ClN3O4S2. The molecule has 0 radical (unpaired) electrons. The molecule has 148 valence electrons. The molecule has 2 amide bonds. The number of thioether (sulfide) groups is 1. The van der Waals surface area contributed by atoms with Crippen molar-refractivity contribution >= 4 is 55.9 Å².